The Hall–Kier alpha value is -2.10. The zero-order valence-corrected chi connectivity index (χ0v) is 14.0. The van der Waals surface area contributed by atoms with Crippen molar-refractivity contribution >= 4 is 23.4 Å². The van der Waals surface area contributed by atoms with E-state index in [4.69, 9.17) is 11.6 Å². The number of rotatable bonds is 5. The first-order valence-electron chi connectivity index (χ1n) is 7.55. The predicted molar refractivity (Wildman–Crippen MR) is 88.8 cm³/mol. The smallest absolute Gasteiger partial charge is 0.225 e. The molecule has 2 unspecified atom stereocenters. The van der Waals surface area contributed by atoms with Crippen LogP contribution in [-0.2, 0) is 0 Å². The number of halogens is 2. The van der Waals surface area contributed by atoms with Gasteiger partial charge in [-0.1, -0.05) is 11.6 Å². The summed E-state index contributed by atoms with van der Waals surface area (Å²) in [6, 6.07) is 0.0716. The topological polar surface area (TPSA) is 99.7 Å². The standard InChI is InChI=1S/C14H18ClFN8/c1-7-3-11(24-23-7)21-13-10(15)6-19-14(22-13)20-8(2)12-17-4-9(16)5-18-12/h4-8,11,23-24H,3H2,1-2H3,(H2,19,20,21,22)/t7?,8-,11?/m0/s1. The summed E-state index contributed by atoms with van der Waals surface area (Å²) in [7, 11) is 0. The van der Waals surface area contributed by atoms with Crippen LogP contribution in [0.4, 0.5) is 16.2 Å². The molecular weight excluding hydrogens is 335 g/mol. The molecule has 3 heterocycles. The van der Waals surface area contributed by atoms with E-state index >= 15 is 0 Å². The molecule has 1 aliphatic heterocycles. The van der Waals surface area contributed by atoms with Crippen LogP contribution >= 0.6 is 11.6 Å². The molecule has 0 spiro atoms. The maximum atomic E-state index is 12.9. The molecule has 24 heavy (non-hydrogen) atoms. The number of nitrogens with one attached hydrogen (secondary N) is 4. The largest absolute Gasteiger partial charge is 0.352 e. The molecule has 0 amide bonds. The van der Waals surface area contributed by atoms with E-state index in [-0.39, 0.29) is 12.2 Å². The van der Waals surface area contributed by atoms with Crippen molar-refractivity contribution in [1.82, 2.24) is 30.8 Å². The highest BCUT2D eigenvalue weighted by Crippen LogP contribution is 2.22. The minimum absolute atomic E-state index is 0.0260. The normalized spacial score (nSPS) is 21.5. The van der Waals surface area contributed by atoms with Crippen LogP contribution in [0.25, 0.3) is 0 Å². The molecule has 3 atom stereocenters. The van der Waals surface area contributed by atoms with Gasteiger partial charge >= 0.3 is 0 Å². The molecule has 3 rings (SSSR count). The zero-order chi connectivity index (χ0) is 17.1. The molecule has 1 fully saturated rings. The van der Waals surface area contributed by atoms with Crippen LogP contribution in [0.2, 0.25) is 5.02 Å². The number of hydrogen-bond donors (Lipinski definition) is 4. The minimum atomic E-state index is -0.480. The van der Waals surface area contributed by atoms with E-state index in [1.165, 1.54) is 6.20 Å². The Labute approximate surface area is 143 Å². The fourth-order valence-corrected chi connectivity index (χ4v) is 2.46. The van der Waals surface area contributed by atoms with Crippen LogP contribution in [0.1, 0.15) is 32.1 Å². The van der Waals surface area contributed by atoms with Gasteiger partial charge in [-0.2, -0.15) is 4.98 Å². The summed E-state index contributed by atoms with van der Waals surface area (Å²) in [5, 5.41) is 6.72. The zero-order valence-electron chi connectivity index (χ0n) is 13.2. The Morgan fingerprint density at radius 2 is 2.00 bits per heavy atom. The lowest BCUT2D eigenvalue weighted by Gasteiger charge is -2.16. The summed E-state index contributed by atoms with van der Waals surface area (Å²) < 4.78 is 12.9. The summed E-state index contributed by atoms with van der Waals surface area (Å²) in [4.78, 5) is 16.4. The van der Waals surface area contributed by atoms with Gasteiger partial charge in [0, 0.05) is 6.04 Å². The van der Waals surface area contributed by atoms with Gasteiger partial charge in [0.05, 0.1) is 30.8 Å². The fraction of sp³-hybridized carbons (Fsp3) is 0.429. The van der Waals surface area contributed by atoms with Gasteiger partial charge < -0.3 is 10.6 Å². The third kappa shape index (κ3) is 4.05. The quantitative estimate of drug-likeness (QED) is 0.647. The Balaban J connectivity index is 1.69. The average molecular weight is 353 g/mol. The Bertz CT molecular complexity index is 698. The maximum absolute atomic E-state index is 12.9. The molecule has 2 aromatic heterocycles. The molecule has 8 nitrogen and oxygen atoms in total. The first-order chi connectivity index (χ1) is 11.5. The highest BCUT2D eigenvalue weighted by Gasteiger charge is 2.21. The molecule has 1 saturated heterocycles. The van der Waals surface area contributed by atoms with E-state index < -0.39 is 5.82 Å². The predicted octanol–water partition coefficient (Wildman–Crippen LogP) is 1.86. The van der Waals surface area contributed by atoms with E-state index in [0.29, 0.717) is 28.7 Å². The number of aromatic nitrogens is 4. The summed E-state index contributed by atoms with van der Waals surface area (Å²) in [6.45, 7) is 3.91. The van der Waals surface area contributed by atoms with Crippen molar-refractivity contribution in [2.75, 3.05) is 10.6 Å². The van der Waals surface area contributed by atoms with Crippen LogP contribution in [0.3, 0.4) is 0 Å². The molecule has 128 valence electrons. The van der Waals surface area contributed by atoms with Crippen molar-refractivity contribution in [3.05, 3.63) is 35.3 Å². The van der Waals surface area contributed by atoms with Crippen molar-refractivity contribution < 1.29 is 4.39 Å². The lowest BCUT2D eigenvalue weighted by Crippen LogP contribution is -2.36. The highest BCUT2D eigenvalue weighted by atomic mass is 35.5. The van der Waals surface area contributed by atoms with Crippen molar-refractivity contribution in [1.29, 1.82) is 0 Å². The molecule has 0 aliphatic carbocycles. The maximum Gasteiger partial charge on any atom is 0.225 e. The number of hydrogen-bond acceptors (Lipinski definition) is 8. The van der Waals surface area contributed by atoms with Gasteiger partial charge in [-0.3, -0.25) is 5.43 Å². The van der Waals surface area contributed by atoms with E-state index in [1.54, 1.807) is 0 Å². The van der Waals surface area contributed by atoms with Gasteiger partial charge in [0.15, 0.2) is 11.6 Å². The van der Waals surface area contributed by atoms with Crippen molar-refractivity contribution in [2.24, 2.45) is 0 Å². The second-order valence-electron chi connectivity index (χ2n) is 5.64. The lowest BCUT2D eigenvalue weighted by molar-refractivity contribution is 0.571. The summed E-state index contributed by atoms with van der Waals surface area (Å²) in [6.07, 6.45) is 4.68. The van der Waals surface area contributed by atoms with Gasteiger partial charge in [-0.25, -0.2) is 24.8 Å². The third-order valence-corrected chi connectivity index (χ3v) is 3.80. The second-order valence-corrected chi connectivity index (χ2v) is 6.05. The molecule has 2 aromatic rings. The van der Waals surface area contributed by atoms with Crippen LogP contribution in [0.15, 0.2) is 18.6 Å². The Morgan fingerprint density at radius 3 is 2.67 bits per heavy atom. The van der Waals surface area contributed by atoms with Gasteiger partial charge in [0.2, 0.25) is 5.95 Å². The second kappa shape index (κ2) is 7.20. The van der Waals surface area contributed by atoms with Crippen molar-refractivity contribution in [3.8, 4) is 0 Å². The lowest BCUT2D eigenvalue weighted by atomic mass is 10.2. The summed E-state index contributed by atoms with van der Waals surface area (Å²) in [5.74, 6) is 0.864. The van der Waals surface area contributed by atoms with E-state index in [9.17, 15) is 4.39 Å². The molecule has 0 aromatic carbocycles. The molecule has 0 saturated carbocycles. The first kappa shape index (κ1) is 16.7. The van der Waals surface area contributed by atoms with Gasteiger partial charge in [0.1, 0.15) is 10.8 Å². The minimum Gasteiger partial charge on any atom is -0.352 e. The van der Waals surface area contributed by atoms with Crippen LogP contribution in [0, 0.1) is 5.82 Å². The Kier molecular flexibility index (Phi) is 5.03. The molecule has 0 bridgehead atoms. The average Bonchev–Trinajstić information content (AvgIpc) is 2.96. The van der Waals surface area contributed by atoms with Crippen molar-refractivity contribution in [2.45, 2.75) is 38.5 Å². The molecular formula is C14H18ClFN8. The number of hydrazine groups is 1. The van der Waals surface area contributed by atoms with Gasteiger partial charge in [-0.05, 0) is 20.3 Å². The van der Waals surface area contributed by atoms with Crippen LogP contribution < -0.4 is 21.5 Å². The number of anilines is 2. The van der Waals surface area contributed by atoms with Gasteiger partial charge in [0.25, 0.3) is 0 Å². The van der Waals surface area contributed by atoms with E-state index in [1.807, 2.05) is 6.92 Å². The SMILES string of the molecule is CC1CC(Nc2nc(N[C@@H](C)c3ncc(F)cn3)ncc2Cl)NN1. The summed E-state index contributed by atoms with van der Waals surface area (Å²) >= 11 is 6.15. The van der Waals surface area contributed by atoms with E-state index in [2.05, 4.69) is 48.3 Å². The third-order valence-electron chi connectivity index (χ3n) is 3.52. The van der Waals surface area contributed by atoms with Crippen LogP contribution in [-0.4, -0.2) is 32.1 Å². The number of nitrogens with zero attached hydrogens (tertiary/aromatic N) is 4. The van der Waals surface area contributed by atoms with Gasteiger partial charge in [-0.15, -0.1) is 0 Å². The Morgan fingerprint density at radius 1 is 1.25 bits per heavy atom. The molecule has 1 aliphatic rings. The summed E-state index contributed by atoms with van der Waals surface area (Å²) in [5.41, 5.74) is 6.24. The molecule has 10 heteroatoms. The first-order valence-corrected chi connectivity index (χ1v) is 7.93. The fourth-order valence-electron chi connectivity index (χ4n) is 2.32. The van der Waals surface area contributed by atoms with Crippen LogP contribution in [0.5, 0.6) is 0 Å². The van der Waals surface area contributed by atoms with Crippen molar-refractivity contribution in [3.63, 3.8) is 0 Å². The molecule has 4 N–H and O–H groups in total. The van der Waals surface area contributed by atoms with E-state index in [0.717, 1.165) is 18.8 Å². The molecule has 0 radical (unpaired) electrons. The highest BCUT2D eigenvalue weighted by molar-refractivity contribution is 6.32. The monoisotopic (exact) mass is 352 g/mol.